The number of hydrogen-bond donors (Lipinski definition) is 1. The van der Waals surface area contributed by atoms with E-state index in [2.05, 4.69) is 56.9 Å². The first-order valence-corrected chi connectivity index (χ1v) is 13.4. The van der Waals surface area contributed by atoms with Crippen molar-refractivity contribution in [2.24, 2.45) is 0 Å². The van der Waals surface area contributed by atoms with E-state index in [0.29, 0.717) is 22.5 Å². The molecule has 0 atom stereocenters. The molecule has 1 N–H and O–H groups in total. The summed E-state index contributed by atoms with van der Waals surface area (Å²) in [6.07, 6.45) is 3.64. The fraction of sp³-hybridized carbons (Fsp3) is 0.167. The first kappa shape index (κ1) is 27.5. The number of aromatic hydroxyl groups is 1. The summed E-state index contributed by atoms with van der Waals surface area (Å²) >= 11 is 0. The van der Waals surface area contributed by atoms with E-state index in [1.807, 2.05) is 49.4 Å². The molecular formula is C36H32N2O3. The third-order valence-electron chi connectivity index (χ3n) is 6.97. The van der Waals surface area contributed by atoms with E-state index >= 15 is 0 Å². The number of hydrogen-bond acceptors (Lipinski definition) is 4. The van der Waals surface area contributed by atoms with Gasteiger partial charge in [-0.25, -0.2) is 4.98 Å². The van der Waals surface area contributed by atoms with Crippen LogP contribution in [0.3, 0.4) is 0 Å². The fourth-order valence-corrected chi connectivity index (χ4v) is 4.65. The van der Waals surface area contributed by atoms with Crippen molar-refractivity contribution >= 4 is 23.1 Å². The molecule has 5 heteroatoms. The first-order valence-electron chi connectivity index (χ1n) is 13.4. The molecular weight excluding hydrogens is 508 g/mol. The lowest BCUT2D eigenvalue weighted by molar-refractivity contribution is 0.373. The van der Waals surface area contributed by atoms with E-state index in [1.165, 1.54) is 12.7 Å². The van der Waals surface area contributed by atoms with Gasteiger partial charge in [0.15, 0.2) is 11.5 Å². The van der Waals surface area contributed by atoms with Crippen LogP contribution < -0.4 is 10.3 Å². The monoisotopic (exact) mass is 540 g/mol. The highest BCUT2D eigenvalue weighted by molar-refractivity contribution is 5.80. The van der Waals surface area contributed by atoms with E-state index < -0.39 is 0 Å². The van der Waals surface area contributed by atoms with E-state index in [0.717, 1.165) is 27.9 Å². The molecule has 0 unspecified atom stereocenters. The van der Waals surface area contributed by atoms with Crippen LogP contribution in [0.2, 0.25) is 0 Å². The number of rotatable bonds is 4. The number of phenols is 1. The van der Waals surface area contributed by atoms with Gasteiger partial charge in [-0.15, -0.1) is 0 Å². The highest BCUT2D eigenvalue weighted by atomic mass is 16.5. The molecule has 41 heavy (non-hydrogen) atoms. The van der Waals surface area contributed by atoms with Gasteiger partial charge < -0.3 is 9.84 Å². The van der Waals surface area contributed by atoms with Gasteiger partial charge >= 0.3 is 0 Å². The van der Waals surface area contributed by atoms with Crippen LogP contribution in [0.15, 0.2) is 89.7 Å². The number of para-hydroxylation sites is 1. The van der Waals surface area contributed by atoms with Crippen LogP contribution in [0.25, 0.3) is 28.7 Å². The third-order valence-corrected chi connectivity index (χ3v) is 6.97. The molecule has 1 heterocycles. The molecule has 1 aromatic heterocycles. The van der Waals surface area contributed by atoms with Crippen LogP contribution in [0.5, 0.6) is 11.5 Å². The average Bonchev–Trinajstić information content (AvgIpc) is 2.96. The molecule has 0 spiro atoms. The predicted octanol–water partition coefficient (Wildman–Crippen LogP) is 7.28. The number of phenolic OH excluding ortho intramolecular Hbond substituents is 1. The molecule has 0 saturated carbocycles. The number of nitrogens with zero attached hydrogens (tertiary/aromatic N) is 2. The Morgan fingerprint density at radius 3 is 2.29 bits per heavy atom. The number of aryl methyl sites for hydroxylation is 1. The quantitative estimate of drug-likeness (QED) is 0.243. The summed E-state index contributed by atoms with van der Waals surface area (Å²) in [5, 5.41) is 10.5. The summed E-state index contributed by atoms with van der Waals surface area (Å²) in [4.78, 5) is 18.6. The van der Waals surface area contributed by atoms with Crippen molar-refractivity contribution in [2.75, 3.05) is 7.11 Å². The molecule has 0 amide bonds. The molecule has 204 valence electrons. The second-order valence-electron chi connectivity index (χ2n) is 11.0. The maximum absolute atomic E-state index is 13.8. The molecule has 0 aliphatic carbocycles. The maximum atomic E-state index is 13.8. The smallest absolute Gasteiger partial charge is 0.266 e. The lowest BCUT2D eigenvalue weighted by Gasteiger charge is -2.18. The van der Waals surface area contributed by atoms with E-state index in [1.54, 1.807) is 34.9 Å². The van der Waals surface area contributed by atoms with Gasteiger partial charge in [0, 0.05) is 11.1 Å². The Morgan fingerprint density at radius 1 is 0.878 bits per heavy atom. The zero-order valence-corrected chi connectivity index (χ0v) is 23.9. The minimum absolute atomic E-state index is 0.0612. The van der Waals surface area contributed by atoms with Crippen LogP contribution in [-0.2, 0) is 5.41 Å². The van der Waals surface area contributed by atoms with Gasteiger partial charge in [0.25, 0.3) is 5.56 Å². The van der Waals surface area contributed by atoms with Gasteiger partial charge in [-0.1, -0.05) is 69.0 Å². The van der Waals surface area contributed by atoms with Crippen molar-refractivity contribution in [3.8, 4) is 29.0 Å². The molecule has 4 aromatic carbocycles. The SMILES string of the molecule is COc1cc(/C=C/c2nc3ccccc3c(=O)n2-c2ccc(C#Cc3ccc(C(C)(C)C)cc3)cc2C)ccc1O. The number of fused-ring (bicyclic) bond motifs is 1. The van der Waals surface area contributed by atoms with E-state index in [4.69, 9.17) is 9.72 Å². The van der Waals surface area contributed by atoms with Gasteiger partial charge in [-0.05, 0) is 89.7 Å². The summed E-state index contributed by atoms with van der Waals surface area (Å²) in [6.45, 7) is 8.55. The van der Waals surface area contributed by atoms with Crippen LogP contribution >= 0.6 is 0 Å². The summed E-state index contributed by atoms with van der Waals surface area (Å²) in [7, 11) is 1.50. The Bertz CT molecular complexity index is 1900. The zero-order valence-electron chi connectivity index (χ0n) is 23.9. The molecule has 0 fully saturated rings. The Balaban J connectivity index is 1.55. The van der Waals surface area contributed by atoms with E-state index in [9.17, 15) is 9.90 Å². The highest BCUT2D eigenvalue weighted by Crippen LogP contribution is 2.27. The summed E-state index contributed by atoms with van der Waals surface area (Å²) < 4.78 is 6.87. The maximum Gasteiger partial charge on any atom is 0.266 e. The molecule has 0 saturated heterocycles. The molecule has 0 radical (unpaired) electrons. The topological polar surface area (TPSA) is 64.3 Å². The molecule has 0 bridgehead atoms. The lowest BCUT2D eigenvalue weighted by atomic mass is 9.87. The normalized spacial score (nSPS) is 11.4. The Kier molecular flexibility index (Phi) is 7.50. The lowest BCUT2D eigenvalue weighted by Crippen LogP contribution is -2.23. The molecule has 0 aliphatic rings. The average molecular weight is 541 g/mol. The number of methoxy groups -OCH3 is 1. The Labute approximate surface area is 240 Å². The predicted molar refractivity (Wildman–Crippen MR) is 167 cm³/mol. The number of benzene rings is 4. The van der Waals surface area contributed by atoms with Crippen LogP contribution in [-0.4, -0.2) is 21.8 Å². The standard InChI is InChI=1S/C36H32N2O3/c1-24-22-26(11-10-25-12-17-28(18-13-25)36(2,3)4)14-19-31(24)38-34(37-30-9-7-6-8-29(30)35(38)40)21-16-27-15-20-32(39)33(23-27)41-5/h6-9,12-23,39H,1-5H3/b21-16+. The van der Waals surface area contributed by atoms with Crippen molar-refractivity contribution in [1.82, 2.24) is 9.55 Å². The van der Waals surface area contributed by atoms with Gasteiger partial charge in [0.2, 0.25) is 0 Å². The molecule has 0 aliphatic heterocycles. The van der Waals surface area contributed by atoms with Crippen molar-refractivity contribution in [3.05, 3.63) is 129 Å². The van der Waals surface area contributed by atoms with Crippen molar-refractivity contribution < 1.29 is 9.84 Å². The van der Waals surface area contributed by atoms with Gasteiger partial charge in [0.1, 0.15) is 5.82 Å². The summed E-state index contributed by atoms with van der Waals surface area (Å²) in [5.74, 6) is 7.43. The number of ether oxygens (including phenoxy) is 1. The van der Waals surface area contributed by atoms with Gasteiger partial charge in [0.05, 0.1) is 23.7 Å². The second kappa shape index (κ2) is 11.2. The van der Waals surface area contributed by atoms with Gasteiger partial charge in [-0.3, -0.25) is 9.36 Å². The largest absolute Gasteiger partial charge is 0.504 e. The number of aromatic nitrogens is 2. The van der Waals surface area contributed by atoms with Crippen molar-refractivity contribution in [1.29, 1.82) is 0 Å². The Morgan fingerprint density at radius 2 is 1.59 bits per heavy atom. The summed E-state index contributed by atoms with van der Waals surface area (Å²) in [5.41, 5.74) is 6.08. The minimum Gasteiger partial charge on any atom is -0.504 e. The molecule has 5 rings (SSSR count). The zero-order chi connectivity index (χ0) is 29.1. The van der Waals surface area contributed by atoms with Crippen molar-refractivity contribution in [3.63, 3.8) is 0 Å². The molecule has 5 aromatic rings. The minimum atomic E-state index is -0.153. The highest BCUT2D eigenvalue weighted by Gasteiger charge is 2.14. The second-order valence-corrected chi connectivity index (χ2v) is 11.0. The fourth-order valence-electron chi connectivity index (χ4n) is 4.65. The Hall–Kier alpha value is -5.08. The first-order chi connectivity index (χ1) is 19.6. The van der Waals surface area contributed by atoms with Crippen LogP contribution in [0.4, 0.5) is 0 Å². The van der Waals surface area contributed by atoms with E-state index in [-0.39, 0.29) is 16.7 Å². The van der Waals surface area contributed by atoms with Crippen molar-refractivity contribution in [2.45, 2.75) is 33.1 Å². The van der Waals surface area contributed by atoms with Crippen LogP contribution in [0.1, 0.15) is 54.4 Å². The molecule has 5 nitrogen and oxygen atoms in total. The third kappa shape index (κ3) is 5.92. The van der Waals surface area contributed by atoms with Crippen LogP contribution in [0, 0.1) is 18.8 Å². The van der Waals surface area contributed by atoms with Gasteiger partial charge in [-0.2, -0.15) is 0 Å². The summed E-state index contributed by atoms with van der Waals surface area (Å²) in [6, 6.07) is 26.6.